The minimum absolute atomic E-state index is 0.331. The molecular formula is C12H18N4O3S. The van der Waals surface area contributed by atoms with Crippen molar-refractivity contribution in [3.63, 3.8) is 0 Å². The topological polar surface area (TPSA) is 96.6 Å². The van der Waals surface area contributed by atoms with Crippen molar-refractivity contribution in [2.24, 2.45) is 0 Å². The second kappa shape index (κ2) is 5.66. The number of pyridine rings is 1. The number of nitrogen functional groups attached to an aromatic ring is 1. The Morgan fingerprint density at radius 1 is 1.30 bits per heavy atom. The summed E-state index contributed by atoms with van der Waals surface area (Å²) in [5.41, 5.74) is 6.49. The van der Waals surface area contributed by atoms with E-state index in [-0.39, 0.29) is 5.91 Å². The summed E-state index contributed by atoms with van der Waals surface area (Å²) in [6.07, 6.45) is 2.77. The molecule has 0 spiro atoms. The van der Waals surface area contributed by atoms with Crippen molar-refractivity contribution >= 4 is 27.2 Å². The predicted octanol–water partition coefficient (Wildman–Crippen LogP) is -0.643. The van der Waals surface area contributed by atoms with Gasteiger partial charge in [0.15, 0.2) is 9.84 Å². The molecule has 110 valence electrons. The quantitative estimate of drug-likeness (QED) is 0.797. The maximum absolute atomic E-state index is 11.8. The maximum Gasteiger partial charge on any atom is 0.237 e. The molecule has 1 fully saturated rings. The van der Waals surface area contributed by atoms with Crippen LogP contribution in [-0.4, -0.2) is 62.4 Å². The van der Waals surface area contributed by atoms with Gasteiger partial charge in [0, 0.05) is 32.4 Å². The molecule has 0 radical (unpaired) electrons. The maximum atomic E-state index is 11.8. The van der Waals surface area contributed by atoms with E-state index < -0.39 is 15.6 Å². The van der Waals surface area contributed by atoms with Crippen molar-refractivity contribution in [2.75, 3.05) is 48.8 Å². The van der Waals surface area contributed by atoms with Crippen LogP contribution < -0.4 is 10.6 Å². The molecule has 0 atom stereocenters. The molecule has 1 aromatic heterocycles. The van der Waals surface area contributed by atoms with Gasteiger partial charge in [-0.3, -0.25) is 4.79 Å². The molecule has 1 aromatic rings. The monoisotopic (exact) mass is 298 g/mol. The first-order valence-corrected chi connectivity index (χ1v) is 8.33. The van der Waals surface area contributed by atoms with Crippen molar-refractivity contribution in [3.8, 4) is 0 Å². The number of hydrogen-bond donors (Lipinski definition) is 1. The molecule has 0 aliphatic carbocycles. The van der Waals surface area contributed by atoms with Gasteiger partial charge in [0.25, 0.3) is 0 Å². The van der Waals surface area contributed by atoms with Crippen LogP contribution in [0.25, 0.3) is 0 Å². The molecule has 1 saturated heterocycles. The first-order valence-electron chi connectivity index (χ1n) is 6.27. The van der Waals surface area contributed by atoms with Gasteiger partial charge in [-0.2, -0.15) is 0 Å². The zero-order valence-corrected chi connectivity index (χ0v) is 12.1. The van der Waals surface area contributed by atoms with Crippen molar-refractivity contribution in [2.45, 2.75) is 0 Å². The molecule has 0 aromatic carbocycles. The van der Waals surface area contributed by atoms with E-state index >= 15 is 0 Å². The molecule has 2 heterocycles. The summed E-state index contributed by atoms with van der Waals surface area (Å²) in [6, 6.07) is 3.62. The SMILES string of the molecule is CS(=O)(=O)CC(=O)N1CCN(c2ccc(N)nc2)CC1. The normalized spacial score (nSPS) is 16.2. The van der Waals surface area contributed by atoms with Crippen LogP contribution in [0, 0.1) is 0 Å². The summed E-state index contributed by atoms with van der Waals surface area (Å²) in [5.74, 6) is -0.283. The zero-order chi connectivity index (χ0) is 14.8. The summed E-state index contributed by atoms with van der Waals surface area (Å²) in [6.45, 7) is 2.33. The molecule has 7 nitrogen and oxygen atoms in total. The van der Waals surface area contributed by atoms with Crippen LogP contribution in [0.15, 0.2) is 18.3 Å². The van der Waals surface area contributed by atoms with E-state index in [0.717, 1.165) is 11.9 Å². The molecule has 2 N–H and O–H groups in total. The third-order valence-corrected chi connectivity index (χ3v) is 3.93. The van der Waals surface area contributed by atoms with E-state index in [9.17, 15) is 13.2 Å². The number of hydrogen-bond acceptors (Lipinski definition) is 6. The van der Waals surface area contributed by atoms with Crippen molar-refractivity contribution in [3.05, 3.63) is 18.3 Å². The Hall–Kier alpha value is -1.83. The number of rotatable bonds is 3. The molecule has 8 heteroatoms. The highest BCUT2D eigenvalue weighted by molar-refractivity contribution is 7.91. The average Bonchev–Trinajstić information content (AvgIpc) is 2.38. The lowest BCUT2D eigenvalue weighted by Gasteiger charge is -2.35. The first-order chi connectivity index (χ1) is 9.35. The molecule has 0 saturated carbocycles. The molecule has 2 rings (SSSR count). The van der Waals surface area contributed by atoms with Crippen LogP contribution in [0.1, 0.15) is 0 Å². The van der Waals surface area contributed by atoms with E-state index in [1.165, 1.54) is 0 Å². The van der Waals surface area contributed by atoms with Crippen molar-refractivity contribution in [1.29, 1.82) is 0 Å². The predicted molar refractivity (Wildman–Crippen MR) is 77.2 cm³/mol. The first kappa shape index (κ1) is 14.6. The smallest absolute Gasteiger partial charge is 0.237 e. The number of carbonyl (C=O) groups is 1. The van der Waals surface area contributed by atoms with Gasteiger partial charge < -0.3 is 15.5 Å². The zero-order valence-electron chi connectivity index (χ0n) is 11.3. The molecule has 1 aliphatic heterocycles. The summed E-state index contributed by atoms with van der Waals surface area (Å²) >= 11 is 0. The number of aromatic nitrogens is 1. The van der Waals surface area contributed by atoms with E-state index in [4.69, 9.17) is 5.73 Å². The summed E-state index contributed by atoms with van der Waals surface area (Å²) < 4.78 is 22.2. The van der Waals surface area contributed by atoms with Crippen LogP contribution in [0.3, 0.4) is 0 Å². The lowest BCUT2D eigenvalue weighted by molar-refractivity contribution is -0.128. The van der Waals surface area contributed by atoms with E-state index in [1.807, 2.05) is 6.07 Å². The molecule has 0 bridgehead atoms. The van der Waals surface area contributed by atoms with Gasteiger partial charge in [0.2, 0.25) is 5.91 Å². The van der Waals surface area contributed by atoms with Gasteiger partial charge in [-0.05, 0) is 12.1 Å². The van der Waals surface area contributed by atoms with Gasteiger partial charge in [0.1, 0.15) is 11.6 Å². The van der Waals surface area contributed by atoms with Gasteiger partial charge in [-0.1, -0.05) is 0 Å². The minimum Gasteiger partial charge on any atom is -0.384 e. The van der Waals surface area contributed by atoms with Crippen LogP contribution in [0.2, 0.25) is 0 Å². The summed E-state index contributed by atoms with van der Waals surface area (Å²) in [4.78, 5) is 19.5. The van der Waals surface area contributed by atoms with E-state index in [0.29, 0.717) is 32.0 Å². The third-order valence-electron chi connectivity index (χ3n) is 3.15. The van der Waals surface area contributed by atoms with Crippen LogP contribution in [-0.2, 0) is 14.6 Å². The minimum atomic E-state index is -3.27. The number of nitrogens with zero attached hydrogens (tertiary/aromatic N) is 3. The number of amides is 1. The highest BCUT2D eigenvalue weighted by Gasteiger charge is 2.23. The Morgan fingerprint density at radius 2 is 1.95 bits per heavy atom. The second-order valence-corrected chi connectivity index (χ2v) is 7.02. The summed E-state index contributed by atoms with van der Waals surface area (Å²) in [7, 11) is -3.27. The fourth-order valence-electron chi connectivity index (χ4n) is 2.11. The highest BCUT2D eigenvalue weighted by atomic mass is 32.2. The fourth-order valence-corrected chi connectivity index (χ4v) is 2.75. The number of sulfone groups is 1. The molecule has 0 unspecified atom stereocenters. The Bertz CT molecular complexity index is 577. The number of nitrogens with two attached hydrogens (primary N) is 1. The van der Waals surface area contributed by atoms with Crippen LogP contribution in [0.4, 0.5) is 11.5 Å². The fraction of sp³-hybridized carbons (Fsp3) is 0.500. The Labute approximate surface area is 118 Å². The average molecular weight is 298 g/mol. The van der Waals surface area contributed by atoms with Gasteiger partial charge >= 0.3 is 0 Å². The van der Waals surface area contributed by atoms with Crippen LogP contribution in [0.5, 0.6) is 0 Å². The molecule has 1 aliphatic rings. The molecule has 20 heavy (non-hydrogen) atoms. The van der Waals surface area contributed by atoms with Gasteiger partial charge in [-0.25, -0.2) is 13.4 Å². The second-order valence-electron chi connectivity index (χ2n) is 4.88. The number of carbonyl (C=O) groups excluding carboxylic acids is 1. The number of piperazine rings is 1. The molecule has 1 amide bonds. The standard InChI is InChI=1S/C12H18N4O3S/c1-20(18,19)9-12(17)16-6-4-15(5-7-16)10-2-3-11(13)14-8-10/h2-3,8H,4-7,9H2,1H3,(H2,13,14). The van der Waals surface area contributed by atoms with Crippen molar-refractivity contribution < 1.29 is 13.2 Å². The summed E-state index contributed by atoms with van der Waals surface area (Å²) in [5, 5.41) is 0. The van der Waals surface area contributed by atoms with Gasteiger partial charge in [-0.15, -0.1) is 0 Å². The van der Waals surface area contributed by atoms with Crippen molar-refractivity contribution in [1.82, 2.24) is 9.88 Å². The Balaban J connectivity index is 1.92. The van der Waals surface area contributed by atoms with Crippen LogP contribution >= 0.6 is 0 Å². The molecular weight excluding hydrogens is 280 g/mol. The lowest BCUT2D eigenvalue weighted by Crippen LogP contribution is -2.50. The Morgan fingerprint density at radius 3 is 2.45 bits per heavy atom. The van der Waals surface area contributed by atoms with Gasteiger partial charge in [0.05, 0.1) is 11.9 Å². The van der Waals surface area contributed by atoms with E-state index in [2.05, 4.69) is 9.88 Å². The Kier molecular flexibility index (Phi) is 4.12. The largest absolute Gasteiger partial charge is 0.384 e. The number of anilines is 2. The lowest BCUT2D eigenvalue weighted by atomic mass is 10.2. The van der Waals surface area contributed by atoms with E-state index in [1.54, 1.807) is 17.2 Å². The third kappa shape index (κ3) is 3.83. The highest BCUT2D eigenvalue weighted by Crippen LogP contribution is 2.16.